The number of carbonyl (C=O) groups is 2. The fraction of sp³-hybridized carbons (Fsp3) is 0.588. The molecular weight excluding hydrogens is 557 g/mol. The molecular formula is C34H41F3O4Si. The quantitative estimate of drug-likeness (QED) is 0.300. The molecule has 4 nitrogen and oxygen atoms in total. The second-order valence-electron chi connectivity index (χ2n) is 13.9. The second-order valence-corrected chi connectivity index (χ2v) is 17.4. The Bertz CT molecular complexity index is 1310. The highest BCUT2D eigenvalue weighted by atomic mass is 28.4. The monoisotopic (exact) mass is 598 g/mol. The highest BCUT2D eigenvalue weighted by Crippen LogP contribution is 2.70. The van der Waals surface area contributed by atoms with Gasteiger partial charge in [0.25, 0.3) is 8.32 Å². The summed E-state index contributed by atoms with van der Waals surface area (Å²) in [5.74, 6) is -2.45. The predicted octanol–water partition coefficient (Wildman–Crippen LogP) is 6.46. The maximum atomic E-state index is 14.0. The molecule has 226 valence electrons. The smallest absolute Gasteiger partial charge is 0.455 e. The van der Waals surface area contributed by atoms with Crippen LogP contribution in [-0.4, -0.2) is 38.5 Å². The zero-order valence-corrected chi connectivity index (χ0v) is 25.9. The first kappa shape index (κ1) is 29.6. The normalized spacial score (nSPS) is 39.1. The van der Waals surface area contributed by atoms with Gasteiger partial charge in [0, 0.05) is 29.1 Å². The van der Waals surface area contributed by atoms with E-state index in [1.54, 1.807) is 0 Å². The van der Waals surface area contributed by atoms with E-state index in [1.807, 2.05) is 57.2 Å². The number of carbonyl (C=O) groups excluding carboxylic acids is 2. The van der Waals surface area contributed by atoms with Crippen molar-refractivity contribution in [3.05, 3.63) is 60.7 Å². The minimum Gasteiger partial charge on any atom is -0.455 e. The summed E-state index contributed by atoms with van der Waals surface area (Å²) >= 11 is 0. The van der Waals surface area contributed by atoms with Crippen LogP contribution in [0.2, 0.25) is 6.04 Å². The first-order valence-corrected chi connectivity index (χ1v) is 17.5. The molecule has 0 radical (unpaired) electrons. The molecule has 0 N–H and O–H groups in total. The van der Waals surface area contributed by atoms with E-state index in [0.29, 0.717) is 25.7 Å². The molecule has 2 aromatic rings. The molecule has 4 fully saturated rings. The summed E-state index contributed by atoms with van der Waals surface area (Å²) in [7, 11) is -2.83. The largest absolute Gasteiger partial charge is 0.490 e. The number of hydrogen-bond acceptors (Lipinski definition) is 4. The third kappa shape index (κ3) is 4.18. The van der Waals surface area contributed by atoms with Crippen LogP contribution in [0, 0.1) is 34.0 Å². The van der Waals surface area contributed by atoms with Crippen molar-refractivity contribution >= 4 is 30.4 Å². The topological polar surface area (TPSA) is 52.6 Å². The van der Waals surface area contributed by atoms with Gasteiger partial charge in [0.05, 0.1) is 6.10 Å². The molecule has 42 heavy (non-hydrogen) atoms. The van der Waals surface area contributed by atoms with E-state index in [0.717, 1.165) is 18.9 Å². The highest BCUT2D eigenvalue weighted by molar-refractivity contribution is 6.97. The number of Topliss-reactive ketones (excluding diaryl/α,β-unsaturated/α-hetero) is 1. The molecule has 8 atom stereocenters. The SMILES string of the molecule is CC[C@]1(C)C[C@H]2O[Si](c3ccccc3)(c3ccccc3)C[C@@H]3CC[C@]4(CCC(=O)C4[C@@]32C)[C@H](C)[C@@H]1OC(=O)C(F)(F)F. The van der Waals surface area contributed by atoms with Crippen LogP contribution in [-0.2, 0) is 18.8 Å². The summed E-state index contributed by atoms with van der Waals surface area (Å²) in [5, 5.41) is 2.34. The molecule has 6 rings (SSSR count). The van der Waals surface area contributed by atoms with Crippen molar-refractivity contribution in [2.24, 2.45) is 34.0 Å². The van der Waals surface area contributed by atoms with Gasteiger partial charge in [0.15, 0.2) is 0 Å². The van der Waals surface area contributed by atoms with Gasteiger partial charge >= 0.3 is 12.1 Å². The Morgan fingerprint density at radius 3 is 2.17 bits per heavy atom. The van der Waals surface area contributed by atoms with E-state index in [2.05, 4.69) is 31.2 Å². The summed E-state index contributed by atoms with van der Waals surface area (Å²) in [5.41, 5.74) is -1.77. The maximum absolute atomic E-state index is 14.0. The number of alkyl halides is 3. The lowest BCUT2D eigenvalue weighted by atomic mass is 9.43. The van der Waals surface area contributed by atoms with Crippen LogP contribution in [0.1, 0.15) is 66.2 Å². The number of esters is 1. The van der Waals surface area contributed by atoms with Gasteiger partial charge in [-0.15, -0.1) is 0 Å². The molecule has 1 aliphatic heterocycles. The van der Waals surface area contributed by atoms with Crippen LogP contribution in [0.15, 0.2) is 60.7 Å². The van der Waals surface area contributed by atoms with Crippen molar-refractivity contribution in [3.8, 4) is 0 Å². The molecule has 1 unspecified atom stereocenters. The summed E-state index contributed by atoms with van der Waals surface area (Å²) in [6, 6.07) is 21.6. The van der Waals surface area contributed by atoms with E-state index >= 15 is 0 Å². The number of ether oxygens (including phenoxy) is 1. The summed E-state index contributed by atoms with van der Waals surface area (Å²) in [6.07, 6.45) is -2.86. The van der Waals surface area contributed by atoms with Crippen molar-refractivity contribution in [3.63, 3.8) is 0 Å². The molecule has 2 aromatic carbocycles. The van der Waals surface area contributed by atoms with Crippen molar-refractivity contribution in [2.75, 3.05) is 0 Å². The van der Waals surface area contributed by atoms with Crippen LogP contribution in [0.3, 0.4) is 0 Å². The Morgan fingerprint density at radius 1 is 1.02 bits per heavy atom. The average Bonchev–Trinajstić information content (AvgIpc) is 3.34. The van der Waals surface area contributed by atoms with Crippen molar-refractivity contribution in [2.45, 2.75) is 90.6 Å². The maximum Gasteiger partial charge on any atom is 0.490 e. The Hall–Kier alpha value is -2.45. The van der Waals surface area contributed by atoms with Gasteiger partial charge in [0.2, 0.25) is 0 Å². The number of hydrogen-bond donors (Lipinski definition) is 0. The Kier molecular flexibility index (Phi) is 7.08. The molecule has 2 bridgehead atoms. The van der Waals surface area contributed by atoms with Gasteiger partial charge in [0.1, 0.15) is 11.9 Å². The van der Waals surface area contributed by atoms with E-state index < -0.39 is 48.7 Å². The van der Waals surface area contributed by atoms with Crippen molar-refractivity contribution in [1.29, 1.82) is 0 Å². The van der Waals surface area contributed by atoms with Crippen molar-refractivity contribution in [1.82, 2.24) is 0 Å². The van der Waals surface area contributed by atoms with Crippen LogP contribution in [0.4, 0.5) is 13.2 Å². The van der Waals surface area contributed by atoms with E-state index in [-0.39, 0.29) is 23.7 Å². The minimum absolute atomic E-state index is 0.192. The highest BCUT2D eigenvalue weighted by Gasteiger charge is 2.72. The Balaban J connectivity index is 1.55. The molecule has 1 heterocycles. The standard InChI is InChI=1S/C34H41F3O4Si/c1-5-31(3)20-27-32(4)23(21-42(41-27,24-12-8-6-9-13-24)25-14-10-7-11-15-25)16-18-33(19-17-26(38)28(32)33)22(2)29(31)40-30(39)34(35,36)37/h6-15,22-23,27-29H,5,16-21H2,1-4H3/t22-,23+,27-,28?,29+,31-,32+,33+/m1/s1. The molecule has 0 amide bonds. The molecule has 0 spiro atoms. The van der Waals surface area contributed by atoms with Gasteiger partial charge in [-0.25, -0.2) is 4.79 Å². The molecule has 8 heteroatoms. The van der Waals surface area contributed by atoms with Crippen LogP contribution in [0.5, 0.6) is 0 Å². The Morgan fingerprint density at radius 2 is 1.62 bits per heavy atom. The first-order valence-electron chi connectivity index (χ1n) is 15.4. The van der Waals surface area contributed by atoms with E-state index in [4.69, 9.17) is 9.16 Å². The fourth-order valence-electron chi connectivity index (χ4n) is 9.88. The minimum atomic E-state index is -5.09. The summed E-state index contributed by atoms with van der Waals surface area (Å²) in [6.45, 7) is 8.11. The van der Waals surface area contributed by atoms with Crippen LogP contribution < -0.4 is 10.4 Å². The Labute approximate surface area is 247 Å². The molecule has 0 aromatic heterocycles. The predicted molar refractivity (Wildman–Crippen MR) is 157 cm³/mol. The lowest BCUT2D eigenvalue weighted by Crippen LogP contribution is -2.74. The lowest BCUT2D eigenvalue weighted by Gasteiger charge is -2.67. The van der Waals surface area contributed by atoms with Gasteiger partial charge < -0.3 is 9.16 Å². The van der Waals surface area contributed by atoms with Crippen molar-refractivity contribution < 1.29 is 31.9 Å². The molecule has 3 aliphatic carbocycles. The van der Waals surface area contributed by atoms with Gasteiger partial charge in [-0.3, -0.25) is 4.79 Å². The summed E-state index contributed by atoms with van der Waals surface area (Å²) < 4.78 is 54.0. The molecule has 1 saturated heterocycles. The first-order chi connectivity index (χ1) is 19.8. The van der Waals surface area contributed by atoms with E-state index in [9.17, 15) is 22.8 Å². The van der Waals surface area contributed by atoms with Gasteiger partial charge in [-0.2, -0.15) is 13.2 Å². The number of halogens is 3. The lowest BCUT2D eigenvalue weighted by molar-refractivity contribution is -0.235. The number of benzene rings is 2. The van der Waals surface area contributed by atoms with Gasteiger partial charge in [-0.05, 0) is 59.9 Å². The fourth-order valence-corrected chi connectivity index (χ4v) is 14.7. The average molecular weight is 599 g/mol. The molecule has 3 saturated carbocycles. The second kappa shape index (κ2) is 10.0. The molecule has 4 aliphatic rings. The van der Waals surface area contributed by atoms with Crippen LogP contribution >= 0.6 is 0 Å². The third-order valence-corrected chi connectivity index (χ3v) is 16.5. The zero-order chi connectivity index (χ0) is 30.1. The number of rotatable bonds is 4. The van der Waals surface area contributed by atoms with Gasteiger partial charge in [-0.1, -0.05) is 88.4 Å². The van der Waals surface area contributed by atoms with Crippen LogP contribution in [0.25, 0.3) is 0 Å². The number of ketones is 1. The summed E-state index contributed by atoms with van der Waals surface area (Å²) in [4.78, 5) is 26.4. The third-order valence-electron chi connectivity index (χ3n) is 12.2. The van der Waals surface area contributed by atoms with E-state index in [1.165, 1.54) is 10.4 Å². The zero-order valence-electron chi connectivity index (χ0n) is 24.9.